The van der Waals surface area contributed by atoms with Gasteiger partial charge in [-0.1, -0.05) is 18.2 Å². The minimum Gasteiger partial charge on any atom is -0.349 e. The van der Waals surface area contributed by atoms with Gasteiger partial charge in [-0.15, -0.1) is 0 Å². The third-order valence-electron chi connectivity index (χ3n) is 3.93. The molecule has 1 amide bonds. The molecule has 4 aromatic rings. The molecule has 3 aromatic heterocycles. The van der Waals surface area contributed by atoms with E-state index in [0.717, 1.165) is 16.8 Å². The summed E-state index contributed by atoms with van der Waals surface area (Å²) in [7, 11) is 0. The molecule has 6 nitrogen and oxygen atoms in total. The highest BCUT2D eigenvalue weighted by molar-refractivity contribution is 5.95. The summed E-state index contributed by atoms with van der Waals surface area (Å²) >= 11 is 0. The average molecular weight is 335 g/mol. The van der Waals surface area contributed by atoms with Gasteiger partial charge in [0.15, 0.2) is 5.65 Å². The van der Waals surface area contributed by atoms with E-state index < -0.39 is 0 Å². The summed E-state index contributed by atoms with van der Waals surface area (Å²) in [5.74, 6) is -0.650. The summed E-state index contributed by atoms with van der Waals surface area (Å²) in [5, 5.41) is 10.6. The fourth-order valence-corrected chi connectivity index (χ4v) is 2.64. The molecule has 124 valence electrons. The molecule has 0 unspecified atom stereocenters. The van der Waals surface area contributed by atoms with E-state index in [1.165, 1.54) is 6.07 Å². The molecule has 0 aliphatic carbocycles. The van der Waals surface area contributed by atoms with E-state index in [1.807, 2.05) is 12.1 Å². The van der Waals surface area contributed by atoms with Crippen molar-refractivity contribution in [2.75, 3.05) is 0 Å². The van der Waals surface area contributed by atoms with Gasteiger partial charge >= 0.3 is 0 Å². The standard InChI is InChI=1S/C18H14FN5O/c19-13-6-2-1-4-11(13)10-21-18(25)15-8-7-14(22-15)16-12-5-3-9-20-17(12)24-23-16/h1-9,22H,10H2,(H,21,25)(H,20,23,24). The molecule has 0 saturated heterocycles. The van der Waals surface area contributed by atoms with Crippen molar-refractivity contribution < 1.29 is 9.18 Å². The zero-order valence-corrected chi connectivity index (χ0v) is 13.1. The van der Waals surface area contributed by atoms with Gasteiger partial charge in [-0.05, 0) is 30.3 Å². The maximum absolute atomic E-state index is 13.6. The lowest BCUT2D eigenvalue weighted by molar-refractivity contribution is 0.0946. The summed E-state index contributed by atoms with van der Waals surface area (Å²) in [6.45, 7) is 0.122. The largest absolute Gasteiger partial charge is 0.349 e. The van der Waals surface area contributed by atoms with E-state index in [0.29, 0.717) is 16.9 Å². The Kier molecular flexibility index (Phi) is 3.74. The SMILES string of the molecule is O=C(NCc1ccccc1F)c1ccc(-c2[nH]nc3ncccc23)[nH]1. The molecular formula is C18H14FN5O. The maximum atomic E-state index is 13.6. The van der Waals surface area contributed by atoms with Crippen LogP contribution < -0.4 is 5.32 Å². The molecule has 0 atom stereocenters. The number of aromatic amines is 2. The highest BCUT2D eigenvalue weighted by atomic mass is 19.1. The quantitative estimate of drug-likeness (QED) is 0.536. The third kappa shape index (κ3) is 2.87. The number of halogens is 1. The van der Waals surface area contributed by atoms with Crippen molar-refractivity contribution in [2.24, 2.45) is 0 Å². The van der Waals surface area contributed by atoms with Crippen LogP contribution in [0.5, 0.6) is 0 Å². The molecule has 7 heteroatoms. The highest BCUT2D eigenvalue weighted by Crippen LogP contribution is 2.24. The fourth-order valence-electron chi connectivity index (χ4n) is 2.64. The first-order chi connectivity index (χ1) is 12.2. The predicted octanol–water partition coefficient (Wildman–Crippen LogP) is 3.02. The van der Waals surface area contributed by atoms with Crippen LogP contribution >= 0.6 is 0 Å². The monoisotopic (exact) mass is 335 g/mol. The minimum atomic E-state index is -0.341. The number of pyridine rings is 1. The first kappa shape index (κ1) is 15.1. The number of H-pyrrole nitrogens is 2. The first-order valence-electron chi connectivity index (χ1n) is 7.72. The topological polar surface area (TPSA) is 86.5 Å². The lowest BCUT2D eigenvalue weighted by Gasteiger charge is -2.05. The minimum absolute atomic E-state index is 0.122. The van der Waals surface area contributed by atoms with E-state index in [9.17, 15) is 9.18 Å². The van der Waals surface area contributed by atoms with Crippen molar-refractivity contribution in [1.82, 2.24) is 25.5 Å². The van der Waals surface area contributed by atoms with Crippen LogP contribution in [-0.2, 0) is 6.54 Å². The number of hydrogen-bond acceptors (Lipinski definition) is 3. The Morgan fingerprint density at radius 2 is 2.00 bits per heavy atom. The van der Waals surface area contributed by atoms with Crippen LogP contribution in [0.15, 0.2) is 54.7 Å². The number of aromatic nitrogens is 4. The third-order valence-corrected chi connectivity index (χ3v) is 3.93. The number of rotatable bonds is 4. The molecule has 0 fully saturated rings. The maximum Gasteiger partial charge on any atom is 0.267 e. The van der Waals surface area contributed by atoms with E-state index in [2.05, 4.69) is 25.5 Å². The smallest absolute Gasteiger partial charge is 0.267 e. The molecule has 0 aliphatic heterocycles. The second kappa shape index (κ2) is 6.20. The normalized spacial score (nSPS) is 10.9. The summed E-state index contributed by atoms with van der Waals surface area (Å²) in [6, 6.07) is 13.5. The fraction of sp³-hybridized carbons (Fsp3) is 0.0556. The van der Waals surface area contributed by atoms with Crippen LogP contribution in [0.25, 0.3) is 22.4 Å². The summed E-state index contributed by atoms with van der Waals surface area (Å²) in [4.78, 5) is 19.5. The van der Waals surface area contributed by atoms with Gasteiger partial charge in [0.1, 0.15) is 11.5 Å². The Hall–Kier alpha value is -3.48. The molecule has 3 N–H and O–H groups in total. The van der Waals surface area contributed by atoms with Crippen molar-refractivity contribution in [2.45, 2.75) is 6.54 Å². The number of fused-ring (bicyclic) bond motifs is 1. The van der Waals surface area contributed by atoms with E-state index >= 15 is 0 Å². The first-order valence-corrected chi connectivity index (χ1v) is 7.72. The van der Waals surface area contributed by atoms with Crippen LogP contribution in [-0.4, -0.2) is 26.1 Å². The second-order valence-electron chi connectivity index (χ2n) is 5.53. The van der Waals surface area contributed by atoms with Crippen molar-refractivity contribution in [3.8, 4) is 11.4 Å². The molecule has 3 heterocycles. The van der Waals surface area contributed by atoms with Crippen LogP contribution in [0.1, 0.15) is 16.1 Å². The summed E-state index contributed by atoms with van der Waals surface area (Å²) in [6.07, 6.45) is 1.67. The molecule has 0 saturated carbocycles. The number of nitrogens with zero attached hydrogens (tertiary/aromatic N) is 2. The van der Waals surface area contributed by atoms with E-state index in [1.54, 1.807) is 36.5 Å². The number of amides is 1. The van der Waals surface area contributed by atoms with Gasteiger partial charge in [0, 0.05) is 23.7 Å². The summed E-state index contributed by atoms with van der Waals surface area (Å²) < 4.78 is 13.6. The van der Waals surface area contributed by atoms with Crippen LogP contribution in [0, 0.1) is 5.82 Å². The van der Waals surface area contributed by atoms with Crippen molar-refractivity contribution in [1.29, 1.82) is 0 Å². The van der Waals surface area contributed by atoms with Gasteiger partial charge in [-0.3, -0.25) is 9.89 Å². The van der Waals surface area contributed by atoms with Gasteiger partial charge in [0.05, 0.1) is 11.4 Å². The van der Waals surface area contributed by atoms with Crippen molar-refractivity contribution in [3.05, 3.63) is 71.8 Å². The molecular weight excluding hydrogens is 321 g/mol. The second-order valence-corrected chi connectivity index (χ2v) is 5.53. The predicted molar refractivity (Wildman–Crippen MR) is 91.2 cm³/mol. The van der Waals surface area contributed by atoms with Gasteiger partial charge in [0.25, 0.3) is 5.91 Å². The van der Waals surface area contributed by atoms with Gasteiger partial charge in [-0.25, -0.2) is 9.37 Å². The molecule has 0 spiro atoms. The Morgan fingerprint density at radius 1 is 1.12 bits per heavy atom. The van der Waals surface area contributed by atoms with Gasteiger partial charge < -0.3 is 10.3 Å². The number of carbonyl (C=O) groups is 1. The molecule has 1 aromatic carbocycles. The van der Waals surface area contributed by atoms with E-state index in [-0.39, 0.29) is 18.3 Å². The molecule has 25 heavy (non-hydrogen) atoms. The molecule has 0 radical (unpaired) electrons. The van der Waals surface area contributed by atoms with Crippen LogP contribution in [0.4, 0.5) is 4.39 Å². The van der Waals surface area contributed by atoms with Gasteiger partial charge in [-0.2, -0.15) is 5.10 Å². The zero-order valence-electron chi connectivity index (χ0n) is 13.1. The highest BCUT2D eigenvalue weighted by Gasteiger charge is 2.13. The Morgan fingerprint density at radius 3 is 2.88 bits per heavy atom. The lowest BCUT2D eigenvalue weighted by Crippen LogP contribution is -2.23. The number of benzene rings is 1. The average Bonchev–Trinajstić information content (AvgIpc) is 3.27. The van der Waals surface area contributed by atoms with Crippen molar-refractivity contribution in [3.63, 3.8) is 0 Å². The van der Waals surface area contributed by atoms with Gasteiger partial charge in [0.2, 0.25) is 0 Å². The number of carbonyl (C=O) groups excluding carboxylic acids is 1. The summed E-state index contributed by atoms with van der Waals surface area (Å²) in [5.41, 5.74) is 2.92. The van der Waals surface area contributed by atoms with Crippen molar-refractivity contribution >= 4 is 16.9 Å². The molecule has 0 aliphatic rings. The number of hydrogen-bond donors (Lipinski definition) is 3. The van der Waals surface area contributed by atoms with Crippen LogP contribution in [0.2, 0.25) is 0 Å². The number of nitrogens with one attached hydrogen (secondary N) is 3. The Balaban J connectivity index is 1.53. The Labute approximate surface area is 142 Å². The Bertz CT molecular complexity index is 1050. The zero-order chi connectivity index (χ0) is 17.2. The lowest BCUT2D eigenvalue weighted by atomic mass is 10.2. The molecule has 0 bridgehead atoms. The van der Waals surface area contributed by atoms with Crippen LogP contribution in [0.3, 0.4) is 0 Å². The molecule has 4 rings (SSSR count). The van der Waals surface area contributed by atoms with E-state index in [4.69, 9.17) is 0 Å².